The summed E-state index contributed by atoms with van der Waals surface area (Å²) in [5.41, 5.74) is 4.62. The van der Waals surface area contributed by atoms with Gasteiger partial charge in [-0.3, -0.25) is 20.4 Å². The number of esters is 2. The molecule has 0 unspecified atom stereocenters. The van der Waals surface area contributed by atoms with Crippen molar-refractivity contribution in [1.29, 1.82) is 0 Å². The topological polar surface area (TPSA) is 117 Å². The standard InChI is InChI=1S/C22H34N4O6/c1-9-31-19(29)13-11-25(21(3,4)5)17(27)15(13)23-24-16-14(20(30)32-10-2)12-26(18(16)28)22(6,7)8/h23-24H,9-12H2,1-8H3. The summed E-state index contributed by atoms with van der Waals surface area (Å²) < 4.78 is 10.2. The third kappa shape index (κ3) is 5.05. The van der Waals surface area contributed by atoms with E-state index in [0.717, 1.165) is 0 Å². The van der Waals surface area contributed by atoms with Crippen LogP contribution in [0.2, 0.25) is 0 Å². The third-order valence-corrected chi connectivity index (χ3v) is 5.13. The molecule has 2 aliphatic rings. The molecule has 10 nitrogen and oxygen atoms in total. The van der Waals surface area contributed by atoms with Crippen molar-refractivity contribution in [1.82, 2.24) is 20.7 Å². The molecule has 2 amide bonds. The number of carbonyl (C=O) groups excluding carboxylic acids is 4. The number of nitrogens with zero attached hydrogens (tertiary/aromatic N) is 2. The minimum atomic E-state index is -0.620. The van der Waals surface area contributed by atoms with Gasteiger partial charge in [0.05, 0.1) is 37.4 Å². The van der Waals surface area contributed by atoms with Crippen LogP contribution in [0.5, 0.6) is 0 Å². The summed E-state index contributed by atoms with van der Waals surface area (Å²) in [5.74, 6) is -2.06. The molecule has 0 fully saturated rings. The fourth-order valence-corrected chi connectivity index (χ4v) is 3.38. The predicted octanol–water partition coefficient (Wildman–Crippen LogP) is 0.996. The van der Waals surface area contributed by atoms with E-state index < -0.39 is 34.8 Å². The molecule has 0 atom stereocenters. The minimum absolute atomic E-state index is 0.0175. The Bertz CT molecular complexity index is 804. The number of hydrogen-bond donors (Lipinski definition) is 2. The van der Waals surface area contributed by atoms with Crippen LogP contribution in [0.15, 0.2) is 22.5 Å². The number of nitrogens with one attached hydrogen (secondary N) is 2. The molecule has 2 aliphatic heterocycles. The van der Waals surface area contributed by atoms with E-state index >= 15 is 0 Å². The molecule has 0 aromatic heterocycles. The van der Waals surface area contributed by atoms with Gasteiger partial charge in [0.15, 0.2) is 0 Å². The lowest BCUT2D eigenvalue weighted by Gasteiger charge is -2.32. The molecular weight excluding hydrogens is 416 g/mol. The van der Waals surface area contributed by atoms with Crippen molar-refractivity contribution in [3.63, 3.8) is 0 Å². The van der Waals surface area contributed by atoms with Gasteiger partial charge in [-0.2, -0.15) is 0 Å². The molecule has 0 spiro atoms. The van der Waals surface area contributed by atoms with Crippen molar-refractivity contribution >= 4 is 23.8 Å². The van der Waals surface area contributed by atoms with Crippen molar-refractivity contribution in [2.45, 2.75) is 66.5 Å². The molecule has 0 bridgehead atoms. The monoisotopic (exact) mass is 450 g/mol. The number of hydrogen-bond acceptors (Lipinski definition) is 8. The second-order valence-corrected chi connectivity index (χ2v) is 9.52. The lowest BCUT2D eigenvalue weighted by Crippen LogP contribution is -2.47. The van der Waals surface area contributed by atoms with Crippen LogP contribution in [0.4, 0.5) is 0 Å². The largest absolute Gasteiger partial charge is 0.463 e. The van der Waals surface area contributed by atoms with Crippen LogP contribution in [-0.2, 0) is 28.7 Å². The maximum absolute atomic E-state index is 13.1. The van der Waals surface area contributed by atoms with E-state index in [1.54, 1.807) is 13.8 Å². The van der Waals surface area contributed by atoms with Crippen LogP contribution in [0, 0.1) is 0 Å². The zero-order valence-electron chi connectivity index (χ0n) is 20.2. The van der Waals surface area contributed by atoms with Crippen LogP contribution < -0.4 is 10.9 Å². The van der Waals surface area contributed by atoms with E-state index in [4.69, 9.17) is 9.47 Å². The molecule has 0 aliphatic carbocycles. The summed E-state index contributed by atoms with van der Waals surface area (Å²) in [6.07, 6.45) is 0. The van der Waals surface area contributed by atoms with E-state index in [1.165, 1.54) is 9.80 Å². The molecule has 0 saturated carbocycles. The normalized spacial score (nSPS) is 17.4. The van der Waals surface area contributed by atoms with Gasteiger partial charge in [0.25, 0.3) is 11.8 Å². The van der Waals surface area contributed by atoms with Crippen molar-refractivity contribution in [3.05, 3.63) is 22.5 Å². The minimum Gasteiger partial charge on any atom is -0.463 e. The van der Waals surface area contributed by atoms with E-state index in [9.17, 15) is 19.2 Å². The summed E-state index contributed by atoms with van der Waals surface area (Å²) in [4.78, 5) is 54.1. The Morgan fingerprint density at radius 3 is 1.31 bits per heavy atom. The van der Waals surface area contributed by atoms with Crippen molar-refractivity contribution in [2.75, 3.05) is 26.3 Å². The van der Waals surface area contributed by atoms with Crippen molar-refractivity contribution in [3.8, 4) is 0 Å². The second-order valence-electron chi connectivity index (χ2n) is 9.52. The van der Waals surface area contributed by atoms with Gasteiger partial charge in [0.1, 0.15) is 11.4 Å². The molecule has 2 N–H and O–H groups in total. The Kier molecular flexibility index (Phi) is 7.26. The third-order valence-electron chi connectivity index (χ3n) is 5.13. The summed E-state index contributed by atoms with van der Waals surface area (Å²) in [7, 11) is 0. The van der Waals surface area contributed by atoms with Crippen LogP contribution in [-0.4, -0.2) is 70.9 Å². The molecular formula is C22H34N4O6. The zero-order valence-corrected chi connectivity index (χ0v) is 20.2. The van der Waals surface area contributed by atoms with Crippen LogP contribution in [0.1, 0.15) is 55.4 Å². The zero-order chi connectivity index (χ0) is 24.4. The van der Waals surface area contributed by atoms with Gasteiger partial charge in [-0.25, -0.2) is 9.59 Å². The van der Waals surface area contributed by atoms with Gasteiger partial charge in [-0.1, -0.05) is 0 Å². The van der Waals surface area contributed by atoms with Crippen LogP contribution >= 0.6 is 0 Å². The Labute approximate surface area is 188 Å². The maximum atomic E-state index is 13.1. The smallest absolute Gasteiger partial charge is 0.338 e. The lowest BCUT2D eigenvalue weighted by atomic mass is 10.1. The molecule has 0 aromatic rings. The van der Waals surface area contributed by atoms with Gasteiger partial charge in [-0.05, 0) is 55.4 Å². The van der Waals surface area contributed by atoms with Gasteiger partial charge < -0.3 is 19.3 Å². The first-order valence-corrected chi connectivity index (χ1v) is 10.7. The number of hydrazine groups is 1. The Hall–Kier alpha value is -3.04. The lowest BCUT2D eigenvalue weighted by molar-refractivity contribution is -0.139. The van der Waals surface area contributed by atoms with Crippen LogP contribution in [0.3, 0.4) is 0 Å². The van der Waals surface area contributed by atoms with Gasteiger partial charge in [0, 0.05) is 11.1 Å². The first-order valence-electron chi connectivity index (χ1n) is 10.7. The maximum Gasteiger partial charge on any atom is 0.338 e. The Morgan fingerprint density at radius 1 is 0.750 bits per heavy atom. The average Bonchev–Trinajstić information content (AvgIpc) is 3.17. The van der Waals surface area contributed by atoms with E-state index in [-0.39, 0.29) is 48.8 Å². The highest BCUT2D eigenvalue weighted by Crippen LogP contribution is 2.28. The number of ether oxygens (including phenoxy) is 2. The SMILES string of the molecule is CCOC(=O)C1=C(NNC2=C(C(=O)OCC)CN(C(C)(C)C)C2=O)C(=O)N(C(C)(C)C)C1. The fourth-order valence-electron chi connectivity index (χ4n) is 3.38. The van der Waals surface area contributed by atoms with Crippen molar-refractivity contribution in [2.24, 2.45) is 0 Å². The molecule has 2 heterocycles. The Morgan fingerprint density at radius 2 is 1.06 bits per heavy atom. The highest BCUT2D eigenvalue weighted by Gasteiger charge is 2.43. The first-order chi connectivity index (χ1) is 14.7. The average molecular weight is 451 g/mol. The number of rotatable bonds is 7. The second kappa shape index (κ2) is 9.22. The van der Waals surface area contributed by atoms with E-state index in [1.807, 2.05) is 41.5 Å². The van der Waals surface area contributed by atoms with Gasteiger partial charge >= 0.3 is 11.9 Å². The summed E-state index contributed by atoms with van der Waals surface area (Å²) in [6, 6.07) is 0. The summed E-state index contributed by atoms with van der Waals surface area (Å²) in [6.45, 7) is 14.9. The van der Waals surface area contributed by atoms with E-state index in [2.05, 4.69) is 10.9 Å². The molecule has 178 valence electrons. The summed E-state index contributed by atoms with van der Waals surface area (Å²) >= 11 is 0. The predicted molar refractivity (Wildman–Crippen MR) is 117 cm³/mol. The van der Waals surface area contributed by atoms with Gasteiger partial charge in [-0.15, -0.1) is 0 Å². The van der Waals surface area contributed by atoms with Gasteiger partial charge in [0.2, 0.25) is 0 Å². The number of amides is 2. The molecule has 32 heavy (non-hydrogen) atoms. The summed E-state index contributed by atoms with van der Waals surface area (Å²) in [5, 5.41) is 0. The number of carbonyl (C=O) groups is 4. The molecule has 10 heteroatoms. The van der Waals surface area contributed by atoms with Crippen LogP contribution in [0.25, 0.3) is 0 Å². The first kappa shape index (κ1) is 25.2. The van der Waals surface area contributed by atoms with Crippen molar-refractivity contribution < 1.29 is 28.7 Å². The highest BCUT2D eigenvalue weighted by atomic mass is 16.5. The van der Waals surface area contributed by atoms with E-state index in [0.29, 0.717) is 0 Å². The molecule has 0 radical (unpaired) electrons. The molecule has 2 rings (SSSR count). The molecule has 0 aromatic carbocycles. The quantitative estimate of drug-likeness (QED) is 0.436. The fraction of sp³-hybridized carbons (Fsp3) is 0.636. The highest BCUT2D eigenvalue weighted by molar-refractivity contribution is 6.08. The Balaban J connectivity index is 2.39. The molecule has 0 saturated heterocycles.